The number of hydrogen-bond donors (Lipinski definition) is 3. The Morgan fingerprint density at radius 1 is 0.933 bits per heavy atom. The van der Waals surface area contributed by atoms with E-state index >= 15 is 0 Å². The molecule has 0 radical (unpaired) electrons. The van der Waals surface area contributed by atoms with Gasteiger partial charge >= 0.3 is 0 Å². The molecule has 6 nitrogen and oxygen atoms in total. The first kappa shape index (κ1) is 22.6. The fourth-order valence-corrected chi connectivity index (χ4v) is 4.34. The van der Waals surface area contributed by atoms with E-state index in [-0.39, 0.29) is 11.8 Å². The highest BCUT2D eigenvalue weighted by Crippen LogP contribution is 2.23. The highest BCUT2D eigenvalue weighted by Gasteiger charge is 2.20. The van der Waals surface area contributed by atoms with Crippen LogP contribution in [0, 0.1) is 5.92 Å². The average Bonchev–Trinajstić information content (AvgIpc) is 3.29. The molecule has 1 amide bonds. The molecule has 3 N–H and O–H groups in total. The van der Waals surface area contributed by atoms with Gasteiger partial charge in [0.25, 0.3) is 0 Å². The number of likely N-dealkylation sites (tertiary alicyclic amines) is 1. The van der Waals surface area contributed by atoms with Gasteiger partial charge in [-0.25, -0.2) is 4.99 Å². The molecule has 2 aliphatic rings. The summed E-state index contributed by atoms with van der Waals surface area (Å²) in [7, 11) is 0. The second kappa shape index (κ2) is 12.6. The van der Waals surface area contributed by atoms with Gasteiger partial charge in [0.2, 0.25) is 5.91 Å². The smallest absolute Gasteiger partial charge is 0.223 e. The number of aliphatic imine (C=N–C) groups is 1. The molecule has 1 aromatic carbocycles. The zero-order chi connectivity index (χ0) is 21.0. The van der Waals surface area contributed by atoms with Crippen molar-refractivity contribution < 1.29 is 4.79 Å². The molecule has 1 aromatic rings. The first-order valence-electron chi connectivity index (χ1n) is 11.8. The van der Waals surface area contributed by atoms with Crippen LogP contribution in [-0.2, 0) is 17.9 Å². The Bertz CT molecular complexity index is 661. The number of carbonyl (C=O) groups is 1. The minimum absolute atomic E-state index is 0.215. The van der Waals surface area contributed by atoms with Crippen LogP contribution in [0.3, 0.4) is 0 Å². The van der Waals surface area contributed by atoms with E-state index in [1.165, 1.54) is 56.3 Å². The molecule has 1 aliphatic carbocycles. The molecule has 0 aromatic heterocycles. The Morgan fingerprint density at radius 3 is 2.30 bits per heavy atom. The van der Waals surface area contributed by atoms with E-state index in [0.717, 1.165) is 31.9 Å². The number of nitrogens with zero attached hydrogens (tertiary/aromatic N) is 2. The standard InChI is InChI=1S/C24H39N5O/c1-2-25-24(27-15-14-26-23(30)22-8-4-3-5-9-22)28-18-20-10-12-21(13-11-20)19-29-16-6-7-17-29/h10-13,22H,2-9,14-19H2,1H3,(H,26,30)(H2,25,27,28). The Balaban J connectivity index is 1.39. The van der Waals surface area contributed by atoms with Crippen LogP contribution in [0.5, 0.6) is 0 Å². The molecule has 0 spiro atoms. The molecule has 3 rings (SSSR count). The molecule has 0 bridgehead atoms. The quantitative estimate of drug-likeness (QED) is 0.331. The lowest BCUT2D eigenvalue weighted by atomic mass is 9.89. The van der Waals surface area contributed by atoms with Gasteiger partial charge in [-0.05, 0) is 56.8 Å². The molecule has 30 heavy (non-hydrogen) atoms. The van der Waals surface area contributed by atoms with Crippen molar-refractivity contribution >= 4 is 11.9 Å². The molecular formula is C24H39N5O. The lowest BCUT2D eigenvalue weighted by Crippen LogP contribution is -2.42. The van der Waals surface area contributed by atoms with Gasteiger partial charge in [-0.3, -0.25) is 9.69 Å². The lowest BCUT2D eigenvalue weighted by Gasteiger charge is -2.21. The van der Waals surface area contributed by atoms with Crippen molar-refractivity contribution in [3.63, 3.8) is 0 Å². The van der Waals surface area contributed by atoms with Crippen LogP contribution in [0.25, 0.3) is 0 Å². The van der Waals surface area contributed by atoms with Crippen LogP contribution < -0.4 is 16.0 Å². The number of benzene rings is 1. The molecule has 1 saturated heterocycles. The average molecular weight is 414 g/mol. The number of hydrogen-bond acceptors (Lipinski definition) is 3. The summed E-state index contributed by atoms with van der Waals surface area (Å²) in [4.78, 5) is 19.4. The molecular weight excluding hydrogens is 374 g/mol. The van der Waals surface area contributed by atoms with Crippen molar-refractivity contribution in [3.05, 3.63) is 35.4 Å². The van der Waals surface area contributed by atoms with E-state index in [2.05, 4.69) is 52.0 Å². The molecule has 1 aliphatic heterocycles. The van der Waals surface area contributed by atoms with Gasteiger partial charge in [0.05, 0.1) is 6.54 Å². The van der Waals surface area contributed by atoms with E-state index in [1.54, 1.807) is 0 Å². The second-order valence-corrected chi connectivity index (χ2v) is 8.55. The van der Waals surface area contributed by atoms with Crippen molar-refractivity contribution in [1.29, 1.82) is 0 Å². The van der Waals surface area contributed by atoms with Crippen LogP contribution in [0.15, 0.2) is 29.3 Å². The van der Waals surface area contributed by atoms with Crippen molar-refractivity contribution in [2.24, 2.45) is 10.9 Å². The van der Waals surface area contributed by atoms with Crippen LogP contribution >= 0.6 is 0 Å². The zero-order valence-electron chi connectivity index (χ0n) is 18.6. The van der Waals surface area contributed by atoms with Gasteiger partial charge in [-0.15, -0.1) is 0 Å². The maximum Gasteiger partial charge on any atom is 0.223 e. The van der Waals surface area contributed by atoms with Crippen LogP contribution in [0.4, 0.5) is 0 Å². The molecule has 166 valence electrons. The Hall–Kier alpha value is -2.08. The SMILES string of the molecule is CCNC(=NCc1ccc(CN2CCCC2)cc1)NCCNC(=O)C1CCCCC1. The summed E-state index contributed by atoms with van der Waals surface area (Å²) in [6.45, 7) is 8.35. The first-order valence-corrected chi connectivity index (χ1v) is 11.8. The summed E-state index contributed by atoms with van der Waals surface area (Å²) in [5, 5.41) is 9.68. The predicted octanol–water partition coefficient (Wildman–Crippen LogP) is 3.03. The molecule has 0 atom stereocenters. The van der Waals surface area contributed by atoms with E-state index in [9.17, 15) is 4.79 Å². The predicted molar refractivity (Wildman–Crippen MR) is 123 cm³/mol. The number of nitrogens with one attached hydrogen (secondary N) is 3. The fourth-order valence-electron chi connectivity index (χ4n) is 4.34. The molecule has 6 heteroatoms. The van der Waals surface area contributed by atoms with Gasteiger partial charge < -0.3 is 16.0 Å². The second-order valence-electron chi connectivity index (χ2n) is 8.55. The third kappa shape index (κ3) is 7.63. The molecule has 1 saturated carbocycles. The number of rotatable bonds is 9. The number of amides is 1. The molecule has 2 fully saturated rings. The van der Waals surface area contributed by atoms with Gasteiger partial charge in [0.1, 0.15) is 0 Å². The fraction of sp³-hybridized carbons (Fsp3) is 0.667. The van der Waals surface area contributed by atoms with Crippen molar-refractivity contribution in [2.75, 3.05) is 32.7 Å². The summed E-state index contributed by atoms with van der Waals surface area (Å²) in [5.74, 6) is 1.23. The third-order valence-electron chi connectivity index (χ3n) is 6.08. The monoisotopic (exact) mass is 413 g/mol. The van der Waals surface area contributed by atoms with Gasteiger partial charge in [-0.1, -0.05) is 43.5 Å². The summed E-state index contributed by atoms with van der Waals surface area (Å²) in [6.07, 6.45) is 8.39. The Labute approximate surface area is 181 Å². The zero-order valence-corrected chi connectivity index (χ0v) is 18.6. The van der Waals surface area contributed by atoms with E-state index in [0.29, 0.717) is 19.6 Å². The van der Waals surface area contributed by atoms with E-state index < -0.39 is 0 Å². The topological polar surface area (TPSA) is 68.8 Å². The Kier molecular flexibility index (Phi) is 9.48. The molecule has 1 heterocycles. The third-order valence-corrected chi connectivity index (χ3v) is 6.08. The van der Waals surface area contributed by atoms with Gasteiger partial charge in [0.15, 0.2) is 5.96 Å². The summed E-state index contributed by atoms with van der Waals surface area (Å²) < 4.78 is 0. The largest absolute Gasteiger partial charge is 0.357 e. The van der Waals surface area contributed by atoms with Crippen LogP contribution in [0.2, 0.25) is 0 Å². The van der Waals surface area contributed by atoms with E-state index in [1.807, 2.05) is 0 Å². The normalized spacial score (nSPS) is 18.4. The summed E-state index contributed by atoms with van der Waals surface area (Å²) >= 11 is 0. The highest BCUT2D eigenvalue weighted by molar-refractivity contribution is 5.80. The van der Waals surface area contributed by atoms with Crippen molar-refractivity contribution in [1.82, 2.24) is 20.9 Å². The van der Waals surface area contributed by atoms with Crippen molar-refractivity contribution in [3.8, 4) is 0 Å². The molecule has 0 unspecified atom stereocenters. The van der Waals surface area contributed by atoms with Crippen LogP contribution in [0.1, 0.15) is 63.0 Å². The maximum absolute atomic E-state index is 12.2. The minimum atomic E-state index is 0.215. The van der Waals surface area contributed by atoms with Gasteiger partial charge in [0, 0.05) is 32.1 Å². The summed E-state index contributed by atoms with van der Waals surface area (Å²) in [5.41, 5.74) is 2.59. The minimum Gasteiger partial charge on any atom is -0.357 e. The highest BCUT2D eigenvalue weighted by atomic mass is 16.1. The van der Waals surface area contributed by atoms with Crippen molar-refractivity contribution in [2.45, 2.75) is 65.0 Å². The lowest BCUT2D eigenvalue weighted by molar-refractivity contribution is -0.125. The first-order chi connectivity index (χ1) is 14.7. The number of carbonyl (C=O) groups excluding carboxylic acids is 1. The van der Waals surface area contributed by atoms with Gasteiger partial charge in [-0.2, -0.15) is 0 Å². The Morgan fingerprint density at radius 2 is 1.60 bits per heavy atom. The maximum atomic E-state index is 12.2. The van der Waals surface area contributed by atoms with E-state index in [4.69, 9.17) is 4.99 Å². The summed E-state index contributed by atoms with van der Waals surface area (Å²) in [6, 6.07) is 8.82. The van der Waals surface area contributed by atoms with Crippen LogP contribution in [-0.4, -0.2) is 49.5 Å². The number of guanidine groups is 1.